The second-order valence-electron chi connectivity index (χ2n) is 5.67. The number of rotatable bonds is 5. The molecule has 9 heteroatoms. The normalized spacial score (nSPS) is 17.4. The minimum Gasteiger partial charge on any atom is -0.497 e. The number of ether oxygens (including phenoxy) is 2. The first-order chi connectivity index (χ1) is 11.7. The molecule has 1 amide bonds. The summed E-state index contributed by atoms with van der Waals surface area (Å²) in [5.41, 5.74) is 0.933. The first-order valence-electron chi connectivity index (χ1n) is 7.93. The highest BCUT2D eigenvalue weighted by Crippen LogP contribution is 2.23. The third kappa shape index (κ3) is 5.11. The van der Waals surface area contributed by atoms with Crippen LogP contribution < -0.4 is 15.4 Å². The molecule has 2 N–H and O–H groups in total. The summed E-state index contributed by atoms with van der Waals surface area (Å²) >= 11 is 0. The van der Waals surface area contributed by atoms with Gasteiger partial charge in [0, 0.05) is 32.5 Å². The lowest BCUT2D eigenvalue weighted by Crippen LogP contribution is -2.49. The van der Waals surface area contributed by atoms with Crippen molar-refractivity contribution in [3.8, 4) is 5.75 Å². The SMILES string of the molecule is COc1ccc(C(NC(=O)C2CNCCO2)c2nccn2C)cc1.Cl.Cl. The van der Waals surface area contributed by atoms with Crippen LogP contribution in [0, 0.1) is 0 Å². The Morgan fingerprint density at radius 2 is 2.12 bits per heavy atom. The predicted molar refractivity (Wildman–Crippen MR) is 103 cm³/mol. The van der Waals surface area contributed by atoms with Gasteiger partial charge in [-0.05, 0) is 17.7 Å². The predicted octanol–water partition coefficient (Wildman–Crippen LogP) is 1.47. The second kappa shape index (κ2) is 10.4. The molecule has 3 rings (SSSR count). The molecule has 144 valence electrons. The molecule has 1 aliphatic heterocycles. The molecule has 0 saturated carbocycles. The third-order valence-corrected chi connectivity index (χ3v) is 4.07. The van der Waals surface area contributed by atoms with Gasteiger partial charge in [-0.15, -0.1) is 24.8 Å². The number of hydrogen-bond acceptors (Lipinski definition) is 5. The molecule has 7 nitrogen and oxygen atoms in total. The third-order valence-electron chi connectivity index (χ3n) is 4.07. The number of carbonyl (C=O) groups excluding carboxylic acids is 1. The maximum atomic E-state index is 12.6. The Kier molecular flexibility index (Phi) is 8.87. The number of nitrogens with zero attached hydrogens (tertiary/aromatic N) is 2. The standard InChI is InChI=1S/C17H22N4O3.2ClH/c1-21-9-7-19-16(21)15(12-3-5-13(23-2)6-4-12)20-17(22)14-11-18-8-10-24-14;;/h3-7,9,14-15,18H,8,10-11H2,1-2H3,(H,20,22);2*1H. The molecule has 2 heterocycles. The summed E-state index contributed by atoms with van der Waals surface area (Å²) in [7, 11) is 3.53. The molecule has 1 fully saturated rings. The molecular formula is C17H24Cl2N4O3. The highest BCUT2D eigenvalue weighted by molar-refractivity contribution is 5.85. The lowest BCUT2D eigenvalue weighted by atomic mass is 10.1. The number of hydrogen-bond donors (Lipinski definition) is 2. The molecule has 0 aliphatic carbocycles. The van der Waals surface area contributed by atoms with E-state index in [-0.39, 0.29) is 36.8 Å². The van der Waals surface area contributed by atoms with E-state index in [4.69, 9.17) is 9.47 Å². The highest BCUT2D eigenvalue weighted by Gasteiger charge is 2.27. The van der Waals surface area contributed by atoms with Crippen LogP contribution in [0.25, 0.3) is 0 Å². The monoisotopic (exact) mass is 402 g/mol. The van der Waals surface area contributed by atoms with Crippen LogP contribution in [-0.4, -0.2) is 48.4 Å². The van der Waals surface area contributed by atoms with Gasteiger partial charge in [-0.25, -0.2) is 4.98 Å². The summed E-state index contributed by atoms with van der Waals surface area (Å²) in [5, 5.41) is 6.22. The molecule has 2 unspecified atom stereocenters. The lowest BCUT2D eigenvalue weighted by molar-refractivity contribution is -0.134. The van der Waals surface area contributed by atoms with Crippen molar-refractivity contribution in [1.29, 1.82) is 0 Å². The average Bonchev–Trinajstić information content (AvgIpc) is 3.06. The minimum atomic E-state index is -0.486. The molecule has 1 saturated heterocycles. The van der Waals surface area contributed by atoms with Gasteiger partial charge >= 0.3 is 0 Å². The molecule has 0 radical (unpaired) electrons. The van der Waals surface area contributed by atoms with Gasteiger partial charge in [0.25, 0.3) is 5.91 Å². The molecule has 26 heavy (non-hydrogen) atoms. The van der Waals surface area contributed by atoms with E-state index in [2.05, 4.69) is 15.6 Å². The summed E-state index contributed by atoms with van der Waals surface area (Å²) in [4.78, 5) is 17.0. The number of aryl methyl sites for hydroxylation is 1. The van der Waals surface area contributed by atoms with Crippen molar-refractivity contribution in [3.05, 3.63) is 48.0 Å². The Hall–Kier alpha value is -1.80. The number of carbonyl (C=O) groups is 1. The van der Waals surface area contributed by atoms with Crippen LogP contribution in [0.1, 0.15) is 17.4 Å². The van der Waals surface area contributed by atoms with Crippen LogP contribution >= 0.6 is 24.8 Å². The van der Waals surface area contributed by atoms with Gasteiger partial charge in [0.2, 0.25) is 0 Å². The summed E-state index contributed by atoms with van der Waals surface area (Å²) in [6.07, 6.45) is 3.09. The Morgan fingerprint density at radius 3 is 2.65 bits per heavy atom. The van der Waals surface area contributed by atoms with Gasteiger partial charge in [-0.1, -0.05) is 12.1 Å². The van der Waals surface area contributed by atoms with Crippen molar-refractivity contribution in [2.45, 2.75) is 12.1 Å². The fraction of sp³-hybridized carbons (Fsp3) is 0.412. The van der Waals surface area contributed by atoms with Crippen molar-refractivity contribution in [2.75, 3.05) is 26.8 Å². The smallest absolute Gasteiger partial charge is 0.251 e. The van der Waals surface area contributed by atoms with E-state index in [1.165, 1.54) is 0 Å². The van der Waals surface area contributed by atoms with E-state index in [0.29, 0.717) is 13.2 Å². The molecule has 1 aromatic carbocycles. The molecule has 2 atom stereocenters. The van der Waals surface area contributed by atoms with Crippen LogP contribution in [0.2, 0.25) is 0 Å². The second-order valence-corrected chi connectivity index (χ2v) is 5.67. The quantitative estimate of drug-likeness (QED) is 0.791. The maximum Gasteiger partial charge on any atom is 0.251 e. The van der Waals surface area contributed by atoms with E-state index in [1.54, 1.807) is 13.3 Å². The average molecular weight is 403 g/mol. The van der Waals surface area contributed by atoms with Gasteiger partial charge in [-0.2, -0.15) is 0 Å². The number of aromatic nitrogens is 2. The van der Waals surface area contributed by atoms with E-state index in [9.17, 15) is 4.79 Å². The van der Waals surface area contributed by atoms with Crippen LogP contribution in [-0.2, 0) is 16.6 Å². The highest BCUT2D eigenvalue weighted by atomic mass is 35.5. The zero-order valence-corrected chi connectivity index (χ0v) is 16.3. The molecule has 0 spiro atoms. The molecular weight excluding hydrogens is 379 g/mol. The van der Waals surface area contributed by atoms with E-state index in [0.717, 1.165) is 23.7 Å². The fourth-order valence-electron chi connectivity index (χ4n) is 2.72. The van der Waals surface area contributed by atoms with Gasteiger partial charge < -0.3 is 24.7 Å². The Bertz CT molecular complexity index is 688. The van der Waals surface area contributed by atoms with Crippen LogP contribution in [0.4, 0.5) is 0 Å². The molecule has 2 aromatic rings. The van der Waals surface area contributed by atoms with E-state index in [1.807, 2.05) is 42.1 Å². The van der Waals surface area contributed by atoms with Gasteiger partial charge in [0.15, 0.2) is 0 Å². The van der Waals surface area contributed by atoms with Crippen LogP contribution in [0.3, 0.4) is 0 Å². The molecule has 1 aliphatic rings. The van der Waals surface area contributed by atoms with Crippen LogP contribution in [0.15, 0.2) is 36.7 Å². The zero-order chi connectivity index (χ0) is 16.9. The Labute approximate surface area is 165 Å². The van der Waals surface area contributed by atoms with Crippen molar-refractivity contribution < 1.29 is 14.3 Å². The van der Waals surface area contributed by atoms with Crippen molar-refractivity contribution in [3.63, 3.8) is 0 Å². The number of nitrogens with one attached hydrogen (secondary N) is 2. The molecule has 0 bridgehead atoms. The summed E-state index contributed by atoms with van der Waals surface area (Å²) < 4.78 is 12.6. The summed E-state index contributed by atoms with van der Waals surface area (Å²) in [5.74, 6) is 1.38. The number of amides is 1. The number of methoxy groups -OCH3 is 1. The molecule has 1 aromatic heterocycles. The topological polar surface area (TPSA) is 77.4 Å². The Morgan fingerprint density at radius 1 is 1.38 bits per heavy atom. The van der Waals surface area contributed by atoms with Crippen LogP contribution in [0.5, 0.6) is 5.75 Å². The lowest BCUT2D eigenvalue weighted by Gasteiger charge is -2.26. The van der Waals surface area contributed by atoms with Gasteiger partial charge in [-0.3, -0.25) is 4.79 Å². The number of imidazole rings is 1. The van der Waals surface area contributed by atoms with Crippen molar-refractivity contribution in [1.82, 2.24) is 20.2 Å². The summed E-state index contributed by atoms with van der Waals surface area (Å²) in [6.45, 7) is 1.82. The number of halogens is 2. The van der Waals surface area contributed by atoms with Crippen molar-refractivity contribution >= 4 is 30.7 Å². The largest absolute Gasteiger partial charge is 0.497 e. The first-order valence-corrected chi connectivity index (χ1v) is 7.93. The van der Waals surface area contributed by atoms with Crippen molar-refractivity contribution in [2.24, 2.45) is 7.05 Å². The van der Waals surface area contributed by atoms with Gasteiger partial charge in [0.05, 0.1) is 13.7 Å². The number of benzene rings is 1. The fourth-order valence-corrected chi connectivity index (χ4v) is 2.72. The summed E-state index contributed by atoms with van der Waals surface area (Å²) in [6, 6.07) is 7.25. The Balaban J connectivity index is 0.00000169. The zero-order valence-electron chi connectivity index (χ0n) is 14.7. The number of morpholine rings is 1. The maximum absolute atomic E-state index is 12.6. The van der Waals surface area contributed by atoms with Gasteiger partial charge in [0.1, 0.15) is 23.7 Å². The van der Waals surface area contributed by atoms with E-state index < -0.39 is 6.10 Å². The minimum absolute atomic E-state index is 0. The first kappa shape index (κ1) is 22.2. The van der Waals surface area contributed by atoms with E-state index >= 15 is 0 Å².